The number of hydrazine groups is 1. The van der Waals surface area contributed by atoms with Crippen LogP contribution in [0.25, 0.3) is 11.5 Å². The molecule has 0 bridgehead atoms. The van der Waals surface area contributed by atoms with Crippen LogP contribution >= 0.6 is 11.8 Å². The van der Waals surface area contributed by atoms with E-state index in [2.05, 4.69) is 20.7 Å². The molecule has 0 fully saturated rings. The van der Waals surface area contributed by atoms with Gasteiger partial charge in [-0.2, -0.15) is 5.10 Å². The zero-order valence-electron chi connectivity index (χ0n) is 9.99. The summed E-state index contributed by atoms with van der Waals surface area (Å²) in [6.45, 7) is 0. The van der Waals surface area contributed by atoms with Crippen LogP contribution in [0.3, 0.4) is 0 Å². The molecule has 0 saturated heterocycles. The highest BCUT2D eigenvalue weighted by Gasteiger charge is 2.14. The van der Waals surface area contributed by atoms with Crippen LogP contribution in [0, 0.1) is 0 Å². The topological polar surface area (TPSA) is 104 Å². The number of nitrogens with one attached hydrogen (secondary N) is 1. The van der Waals surface area contributed by atoms with Gasteiger partial charge in [-0.3, -0.25) is 14.9 Å². The molecule has 0 aliphatic heterocycles. The summed E-state index contributed by atoms with van der Waals surface area (Å²) in [4.78, 5) is 11.1. The normalized spacial score (nSPS) is 10.6. The molecule has 1 amide bonds. The van der Waals surface area contributed by atoms with Gasteiger partial charge in [0.1, 0.15) is 5.69 Å². The Hall–Kier alpha value is -1.87. The van der Waals surface area contributed by atoms with Crippen molar-refractivity contribution in [2.45, 2.75) is 5.16 Å². The van der Waals surface area contributed by atoms with E-state index < -0.39 is 0 Å². The number of hydrogen-bond donors (Lipinski definition) is 2. The van der Waals surface area contributed by atoms with Crippen LogP contribution in [-0.4, -0.2) is 36.2 Å². The van der Waals surface area contributed by atoms with E-state index in [4.69, 9.17) is 5.84 Å². The van der Waals surface area contributed by atoms with Gasteiger partial charge in [0.2, 0.25) is 5.91 Å². The quantitative estimate of drug-likeness (QED) is 0.328. The molecule has 0 aliphatic carbocycles. The Balaban J connectivity index is 2.19. The summed E-state index contributed by atoms with van der Waals surface area (Å²) in [6, 6.07) is 1.85. The largest absolute Gasteiger partial charge is 0.304 e. The minimum atomic E-state index is -0.259. The van der Waals surface area contributed by atoms with E-state index in [1.807, 2.05) is 24.7 Å². The van der Waals surface area contributed by atoms with Crippen molar-refractivity contribution in [3.05, 3.63) is 12.3 Å². The molecule has 3 N–H and O–H groups in total. The summed E-state index contributed by atoms with van der Waals surface area (Å²) < 4.78 is 3.52. The van der Waals surface area contributed by atoms with Crippen LogP contribution in [0.2, 0.25) is 0 Å². The maximum absolute atomic E-state index is 11.1. The first-order valence-electron chi connectivity index (χ1n) is 5.13. The van der Waals surface area contributed by atoms with Crippen molar-refractivity contribution in [3.8, 4) is 11.5 Å². The van der Waals surface area contributed by atoms with Crippen molar-refractivity contribution in [1.82, 2.24) is 30.0 Å². The third-order valence-electron chi connectivity index (χ3n) is 2.38. The number of nitrogens with two attached hydrogens (primary N) is 1. The number of carbonyl (C=O) groups is 1. The minimum absolute atomic E-state index is 0.202. The zero-order chi connectivity index (χ0) is 13.1. The zero-order valence-corrected chi connectivity index (χ0v) is 10.8. The maximum atomic E-state index is 11.1. The first-order chi connectivity index (χ1) is 8.63. The van der Waals surface area contributed by atoms with Gasteiger partial charge in [0.05, 0.1) is 5.75 Å². The Morgan fingerprint density at radius 2 is 2.28 bits per heavy atom. The second kappa shape index (κ2) is 5.19. The monoisotopic (exact) mass is 267 g/mol. The lowest BCUT2D eigenvalue weighted by molar-refractivity contribution is -0.118. The fraction of sp³-hybridized carbons (Fsp3) is 0.333. The number of carbonyl (C=O) groups excluding carboxylic acids is 1. The summed E-state index contributed by atoms with van der Waals surface area (Å²) >= 11 is 1.27. The van der Waals surface area contributed by atoms with Crippen LogP contribution in [-0.2, 0) is 18.9 Å². The third kappa shape index (κ3) is 2.36. The molecule has 9 heteroatoms. The van der Waals surface area contributed by atoms with Gasteiger partial charge >= 0.3 is 0 Å². The van der Waals surface area contributed by atoms with E-state index in [1.165, 1.54) is 11.8 Å². The molecular formula is C9H13N7OS. The predicted molar refractivity (Wildman–Crippen MR) is 66.3 cm³/mol. The van der Waals surface area contributed by atoms with Gasteiger partial charge < -0.3 is 4.57 Å². The SMILES string of the molecule is Cn1nccc1-c1nnc(SCC(=O)NN)n1C. The van der Waals surface area contributed by atoms with Gasteiger partial charge in [0.25, 0.3) is 0 Å². The summed E-state index contributed by atoms with van der Waals surface area (Å²) in [5, 5.41) is 12.9. The summed E-state index contributed by atoms with van der Waals surface area (Å²) in [5.41, 5.74) is 2.93. The second-order valence-corrected chi connectivity index (χ2v) is 4.50. The van der Waals surface area contributed by atoms with Gasteiger partial charge in [-0.15, -0.1) is 10.2 Å². The Bertz CT molecular complexity index is 561. The fourth-order valence-corrected chi connectivity index (χ4v) is 2.15. The summed E-state index contributed by atoms with van der Waals surface area (Å²) in [7, 11) is 3.67. The molecule has 0 aliphatic rings. The summed E-state index contributed by atoms with van der Waals surface area (Å²) in [6.07, 6.45) is 1.69. The molecule has 0 unspecified atom stereocenters. The van der Waals surface area contributed by atoms with Crippen LogP contribution in [0.1, 0.15) is 0 Å². The Morgan fingerprint density at radius 1 is 1.50 bits per heavy atom. The number of aromatic nitrogens is 5. The lowest BCUT2D eigenvalue weighted by Crippen LogP contribution is -2.31. The predicted octanol–water partition coefficient (Wildman–Crippen LogP) is -0.702. The molecule has 0 aromatic carbocycles. The van der Waals surface area contributed by atoms with Crippen molar-refractivity contribution in [3.63, 3.8) is 0 Å². The number of amides is 1. The van der Waals surface area contributed by atoms with E-state index in [0.717, 1.165) is 5.69 Å². The van der Waals surface area contributed by atoms with Gasteiger partial charge in [0.15, 0.2) is 11.0 Å². The highest BCUT2D eigenvalue weighted by atomic mass is 32.2. The van der Waals surface area contributed by atoms with E-state index in [1.54, 1.807) is 10.9 Å². The van der Waals surface area contributed by atoms with Crippen LogP contribution in [0.15, 0.2) is 17.4 Å². The molecule has 2 aromatic rings. The number of thioether (sulfide) groups is 1. The Labute approximate surface area is 108 Å². The Morgan fingerprint density at radius 3 is 2.89 bits per heavy atom. The number of hydrogen-bond acceptors (Lipinski definition) is 6. The number of nitrogens with zero attached hydrogens (tertiary/aromatic N) is 5. The van der Waals surface area contributed by atoms with E-state index in [0.29, 0.717) is 11.0 Å². The molecule has 18 heavy (non-hydrogen) atoms. The van der Waals surface area contributed by atoms with Crippen molar-refractivity contribution in [1.29, 1.82) is 0 Å². The lowest BCUT2D eigenvalue weighted by atomic mass is 10.4. The van der Waals surface area contributed by atoms with E-state index >= 15 is 0 Å². The standard InChI is InChI=1S/C9H13N7OS/c1-15-8(6-3-4-11-16(6)2)13-14-9(15)18-5-7(17)12-10/h3-4H,5,10H2,1-2H3,(H,12,17). The molecule has 96 valence electrons. The lowest BCUT2D eigenvalue weighted by Gasteiger charge is -2.03. The van der Waals surface area contributed by atoms with E-state index in [-0.39, 0.29) is 11.7 Å². The molecule has 2 rings (SSSR count). The van der Waals surface area contributed by atoms with Gasteiger partial charge in [-0.25, -0.2) is 5.84 Å². The Kier molecular flexibility index (Phi) is 3.63. The molecule has 2 heterocycles. The van der Waals surface area contributed by atoms with Gasteiger partial charge in [-0.1, -0.05) is 11.8 Å². The molecule has 0 radical (unpaired) electrons. The maximum Gasteiger partial charge on any atom is 0.244 e. The third-order valence-corrected chi connectivity index (χ3v) is 3.40. The average Bonchev–Trinajstić information content (AvgIpc) is 2.93. The minimum Gasteiger partial charge on any atom is -0.304 e. The molecule has 2 aromatic heterocycles. The van der Waals surface area contributed by atoms with Crippen molar-refractivity contribution in [2.24, 2.45) is 19.9 Å². The molecule has 8 nitrogen and oxygen atoms in total. The molecule has 0 spiro atoms. The fourth-order valence-electron chi connectivity index (χ4n) is 1.43. The second-order valence-electron chi connectivity index (χ2n) is 3.56. The van der Waals surface area contributed by atoms with Gasteiger partial charge in [0, 0.05) is 20.3 Å². The van der Waals surface area contributed by atoms with Crippen LogP contribution < -0.4 is 11.3 Å². The molecule has 0 saturated carbocycles. The van der Waals surface area contributed by atoms with Crippen molar-refractivity contribution >= 4 is 17.7 Å². The summed E-state index contributed by atoms with van der Waals surface area (Å²) in [5.74, 6) is 5.65. The van der Waals surface area contributed by atoms with Crippen LogP contribution in [0.4, 0.5) is 0 Å². The highest BCUT2D eigenvalue weighted by molar-refractivity contribution is 7.99. The van der Waals surface area contributed by atoms with Crippen molar-refractivity contribution in [2.75, 3.05) is 5.75 Å². The van der Waals surface area contributed by atoms with E-state index in [9.17, 15) is 4.79 Å². The molecule has 0 atom stereocenters. The highest BCUT2D eigenvalue weighted by Crippen LogP contribution is 2.21. The first kappa shape index (κ1) is 12.6. The van der Waals surface area contributed by atoms with Crippen LogP contribution in [0.5, 0.6) is 0 Å². The number of aryl methyl sites for hydroxylation is 1. The van der Waals surface area contributed by atoms with Gasteiger partial charge in [-0.05, 0) is 6.07 Å². The smallest absolute Gasteiger partial charge is 0.244 e. The first-order valence-corrected chi connectivity index (χ1v) is 6.12. The van der Waals surface area contributed by atoms with Crippen molar-refractivity contribution < 1.29 is 4.79 Å². The molecular weight excluding hydrogens is 254 g/mol. The average molecular weight is 267 g/mol. The number of rotatable bonds is 4.